The monoisotopic (exact) mass is 285 g/mol. The summed E-state index contributed by atoms with van der Waals surface area (Å²) in [7, 11) is 0. The average Bonchev–Trinajstić information content (AvgIpc) is 3.06. The van der Waals surface area contributed by atoms with Crippen molar-refractivity contribution in [2.45, 2.75) is 6.92 Å². The maximum atomic E-state index is 11.0. The summed E-state index contributed by atoms with van der Waals surface area (Å²) in [6, 6.07) is 9.83. The number of hydrogen-bond acceptors (Lipinski definition) is 4. The number of aromatic nitrogens is 3. The third kappa shape index (κ3) is 2.10. The summed E-state index contributed by atoms with van der Waals surface area (Å²) in [5.41, 5.74) is 2.66. The first-order valence-corrected chi connectivity index (χ1v) is 6.84. The van der Waals surface area contributed by atoms with Crippen LogP contribution in [-0.2, 0) is 0 Å². The lowest BCUT2D eigenvalue weighted by Gasteiger charge is -1.99. The molecule has 0 fully saturated rings. The number of carboxylic acid groups (broad SMARTS) is 1. The normalized spacial score (nSPS) is 10.7. The molecule has 1 N–H and O–H groups in total. The predicted octanol–water partition coefficient (Wildman–Crippen LogP) is 3.00. The van der Waals surface area contributed by atoms with E-state index in [-0.39, 0.29) is 5.56 Å². The quantitative estimate of drug-likeness (QED) is 0.803. The second kappa shape index (κ2) is 4.90. The second-order valence-electron chi connectivity index (χ2n) is 4.24. The summed E-state index contributed by atoms with van der Waals surface area (Å²) in [5, 5.41) is 15.7. The van der Waals surface area contributed by atoms with Crippen molar-refractivity contribution in [3.63, 3.8) is 0 Å². The summed E-state index contributed by atoms with van der Waals surface area (Å²) in [4.78, 5) is 15.5. The Hall–Kier alpha value is -2.47. The highest BCUT2D eigenvalue weighted by molar-refractivity contribution is 7.12. The van der Waals surface area contributed by atoms with Gasteiger partial charge >= 0.3 is 5.97 Å². The van der Waals surface area contributed by atoms with Crippen molar-refractivity contribution in [1.82, 2.24) is 14.8 Å². The lowest BCUT2D eigenvalue weighted by molar-refractivity contribution is 0.0696. The molecule has 0 saturated carbocycles. The smallest absolute Gasteiger partial charge is 0.339 e. The lowest BCUT2D eigenvalue weighted by Crippen LogP contribution is -2.02. The van der Waals surface area contributed by atoms with Crippen molar-refractivity contribution in [3.05, 3.63) is 53.2 Å². The van der Waals surface area contributed by atoms with Crippen LogP contribution < -0.4 is 0 Å². The third-order valence-corrected chi connectivity index (χ3v) is 3.80. The first-order chi connectivity index (χ1) is 9.66. The highest BCUT2D eigenvalue weighted by Crippen LogP contribution is 2.24. The van der Waals surface area contributed by atoms with E-state index in [4.69, 9.17) is 5.11 Å². The maximum absolute atomic E-state index is 11.0. The molecule has 0 aliphatic rings. The minimum atomic E-state index is -0.978. The molecule has 100 valence electrons. The van der Waals surface area contributed by atoms with Crippen LogP contribution in [0.25, 0.3) is 16.4 Å². The summed E-state index contributed by atoms with van der Waals surface area (Å²) in [5.74, 6) is -0.978. The highest BCUT2D eigenvalue weighted by Gasteiger charge is 2.16. The van der Waals surface area contributed by atoms with Crippen LogP contribution in [0.3, 0.4) is 0 Å². The minimum Gasteiger partial charge on any atom is -0.478 e. The summed E-state index contributed by atoms with van der Waals surface area (Å²) in [6.45, 7) is 1.72. The van der Waals surface area contributed by atoms with Gasteiger partial charge in [-0.15, -0.1) is 11.3 Å². The molecule has 3 aromatic rings. The lowest BCUT2D eigenvalue weighted by atomic mass is 10.2. The van der Waals surface area contributed by atoms with E-state index >= 15 is 0 Å². The van der Waals surface area contributed by atoms with Gasteiger partial charge in [-0.05, 0) is 6.92 Å². The molecule has 0 atom stereocenters. The van der Waals surface area contributed by atoms with Crippen LogP contribution in [0.1, 0.15) is 16.1 Å². The molecule has 3 rings (SSSR count). The standard InChI is InChI=1S/C14H11N3O2S/c1-9-11(13(18)19)7-15-17(9)14-16-12(8-20-14)10-5-3-2-4-6-10/h2-8H,1H3,(H,18,19). The first kappa shape index (κ1) is 12.6. The van der Waals surface area contributed by atoms with Crippen LogP contribution in [0.4, 0.5) is 0 Å². The van der Waals surface area contributed by atoms with Crippen molar-refractivity contribution >= 4 is 17.3 Å². The topological polar surface area (TPSA) is 68.0 Å². The molecule has 2 aromatic heterocycles. The van der Waals surface area contributed by atoms with Crippen LogP contribution in [-0.4, -0.2) is 25.8 Å². The van der Waals surface area contributed by atoms with Crippen LogP contribution in [0.15, 0.2) is 41.9 Å². The number of hydrogen-bond donors (Lipinski definition) is 1. The van der Waals surface area contributed by atoms with Crippen LogP contribution in [0, 0.1) is 6.92 Å². The number of aromatic carboxylic acids is 1. The van der Waals surface area contributed by atoms with Gasteiger partial charge in [0.05, 0.1) is 17.6 Å². The molecule has 0 radical (unpaired) electrons. The average molecular weight is 285 g/mol. The van der Waals surface area contributed by atoms with E-state index in [9.17, 15) is 4.79 Å². The number of rotatable bonds is 3. The van der Waals surface area contributed by atoms with Gasteiger partial charge in [0.2, 0.25) is 5.13 Å². The fourth-order valence-electron chi connectivity index (χ4n) is 1.92. The molecule has 5 nitrogen and oxygen atoms in total. The van der Waals surface area contributed by atoms with E-state index < -0.39 is 5.97 Å². The molecule has 1 aromatic carbocycles. The summed E-state index contributed by atoms with van der Waals surface area (Å²) >= 11 is 1.43. The molecule has 0 aliphatic heterocycles. The number of carboxylic acids is 1. The Labute approximate surface area is 119 Å². The van der Waals surface area contributed by atoms with E-state index in [1.54, 1.807) is 11.6 Å². The molecule has 0 saturated heterocycles. The van der Waals surface area contributed by atoms with Crippen molar-refractivity contribution in [2.75, 3.05) is 0 Å². The number of carbonyl (C=O) groups is 1. The van der Waals surface area contributed by atoms with Gasteiger partial charge in [-0.1, -0.05) is 30.3 Å². The van der Waals surface area contributed by atoms with Crippen LogP contribution >= 0.6 is 11.3 Å². The molecule has 20 heavy (non-hydrogen) atoms. The van der Waals surface area contributed by atoms with Gasteiger partial charge < -0.3 is 5.11 Å². The van der Waals surface area contributed by atoms with Gasteiger partial charge in [-0.3, -0.25) is 0 Å². The van der Waals surface area contributed by atoms with Crippen molar-refractivity contribution in [2.24, 2.45) is 0 Å². The minimum absolute atomic E-state index is 0.196. The molecule has 0 unspecified atom stereocenters. The number of nitrogens with zero attached hydrogens (tertiary/aromatic N) is 3. The second-order valence-corrected chi connectivity index (χ2v) is 5.08. The number of thiazole rings is 1. The fraction of sp³-hybridized carbons (Fsp3) is 0.0714. The Balaban J connectivity index is 2.01. The highest BCUT2D eigenvalue weighted by atomic mass is 32.1. The zero-order valence-corrected chi connectivity index (χ0v) is 11.5. The summed E-state index contributed by atoms with van der Waals surface area (Å²) < 4.78 is 1.56. The zero-order chi connectivity index (χ0) is 14.1. The molecule has 6 heteroatoms. The molecule has 0 spiro atoms. The maximum Gasteiger partial charge on any atom is 0.339 e. The Morgan fingerprint density at radius 3 is 2.70 bits per heavy atom. The van der Waals surface area contributed by atoms with E-state index in [1.807, 2.05) is 35.7 Å². The Morgan fingerprint density at radius 1 is 1.30 bits per heavy atom. The Bertz CT molecular complexity index is 762. The van der Waals surface area contributed by atoms with Crippen molar-refractivity contribution in [1.29, 1.82) is 0 Å². The van der Waals surface area contributed by atoms with Crippen molar-refractivity contribution < 1.29 is 9.90 Å². The molecular formula is C14H11N3O2S. The third-order valence-electron chi connectivity index (χ3n) is 2.98. The van der Waals surface area contributed by atoms with Gasteiger partial charge in [-0.2, -0.15) is 5.10 Å². The Kier molecular flexibility index (Phi) is 3.08. The Morgan fingerprint density at radius 2 is 2.05 bits per heavy atom. The van der Waals surface area contributed by atoms with Gasteiger partial charge in [0, 0.05) is 10.9 Å². The molecule has 2 heterocycles. The number of benzene rings is 1. The van der Waals surface area contributed by atoms with Crippen LogP contribution in [0.2, 0.25) is 0 Å². The van der Waals surface area contributed by atoms with Crippen LogP contribution in [0.5, 0.6) is 0 Å². The first-order valence-electron chi connectivity index (χ1n) is 5.96. The molecular weight excluding hydrogens is 274 g/mol. The fourth-order valence-corrected chi connectivity index (χ4v) is 2.76. The van der Waals surface area contributed by atoms with Gasteiger partial charge in [0.25, 0.3) is 0 Å². The van der Waals surface area contributed by atoms with E-state index in [1.165, 1.54) is 17.5 Å². The SMILES string of the molecule is Cc1c(C(=O)O)cnn1-c1nc(-c2ccccc2)cs1. The molecule has 0 amide bonds. The summed E-state index contributed by atoms with van der Waals surface area (Å²) in [6.07, 6.45) is 1.35. The largest absolute Gasteiger partial charge is 0.478 e. The molecule has 0 bridgehead atoms. The zero-order valence-electron chi connectivity index (χ0n) is 10.6. The van der Waals surface area contributed by atoms with Crippen molar-refractivity contribution in [3.8, 4) is 16.4 Å². The van der Waals surface area contributed by atoms with Gasteiger partial charge in [-0.25, -0.2) is 14.5 Å². The molecule has 0 aliphatic carbocycles. The van der Waals surface area contributed by atoms with E-state index in [2.05, 4.69) is 10.1 Å². The van der Waals surface area contributed by atoms with E-state index in [0.717, 1.165) is 11.3 Å². The predicted molar refractivity (Wildman–Crippen MR) is 76.4 cm³/mol. The van der Waals surface area contributed by atoms with Gasteiger partial charge in [0.15, 0.2) is 0 Å². The van der Waals surface area contributed by atoms with E-state index in [0.29, 0.717) is 10.8 Å². The van der Waals surface area contributed by atoms with Gasteiger partial charge in [0.1, 0.15) is 5.56 Å².